The maximum atomic E-state index is 3.78. The summed E-state index contributed by atoms with van der Waals surface area (Å²) in [7, 11) is 0. The van der Waals surface area contributed by atoms with Crippen molar-refractivity contribution >= 4 is 0 Å². The van der Waals surface area contributed by atoms with Gasteiger partial charge >= 0.3 is 0 Å². The van der Waals surface area contributed by atoms with Gasteiger partial charge in [0.05, 0.1) is 0 Å². The predicted octanol–water partition coefficient (Wildman–Crippen LogP) is 2.89. The van der Waals surface area contributed by atoms with Gasteiger partial charge in [-0.2, -0.15) is 0 Å². The first-order chi connectivity index (χ1) is 8.19. The van der Waals surface area contributed by atoms with Gasteiger partial charge in [-0.15, -0.1) is 0 Å². The molecule has 0 amide bonds. The fourth-order valence-corrected chi connectivity index (χ4v) is 3.15. The zero-order valence-corrected chi connectivity index (χ0v) is 11.9. The molecule has 2 aliphatic rings. The first kappa shape index (κ1) is 13.4. The molecular formula is C15H30N2. The molecule has 2 unspecified atom stereocenters. The monoisotopic (exact) mass is 238 g/mol. The van der Waals surface area contributed by atoms with Crippen molar-refractivity contribution in [2.24, 2.45) is 11.8 Å². The molecule has 17 heavy (non-hydrogen) atoms. The SMILES string of the molecule is CCCC1CC(NCC(C)C)CN(C2CC2)C1. The van der Waals surface area contributed by atoms with Crippen molar-refractivity contribution in [1.82, 2.24) is 10.2 Å². The lowest BCUT2D eigenvalue weighted by Crippen LogP contribution is -2.50. The molecule has 0 aromatic rings. The van der Waals surface area contributed by atoms with Crippen molar-refractivity contribution in [3.8, 4) is 0 Å². The van der Waals surface area contributed by atoms with E-state index in [-0.39, 0.29) is 0 Å². The molecule has 2 nitrogen and oxygen atoms in total. The highest BCUT2D eigenvalue weighted by atomic mass is 15.2. The second kappa shape index (κ2) is 6.19. The van der Waals surface area contributed by atoms with Crippen molar-refractivity contribution in [3.63, 3.8) is 0 Å². The van der Waals surface area contributed by atoms with E-state index in [1.165, 1.54) is 51.7 Å². The molecule has 1 N–H and O–H groups in total. The van der Waals surface area contributed by atoms with Crippen molar-refractivity contribution in [3.05, 3.63) is 0 Å². The summed E-state index contributed by atoms with van der Waals surface area (Å²) in [5, 5.41) is 3.78. The normalized spacial score (nSPS) is 31.1. The maximum Gasteiger partial charge on any atom is 0.0198 e. The summed E-state index contributed by atoms with van der Waals surface area (Å²) in [6, 6.07) is 1.70. The zero-order valence-electron chi connectivity index (χ0n) is 11.9. The van der Waals surface area contributed by atoms with Crippen LogP contribution in [-0.4, -0.2) is 36.6 Å². The molecule has 0 aromatic heterocycles. The number of hydrogen-bond donors (Lipinski definition) is 1. The molecule has 2 rings (SSSR count). The summed E-state index contributed by atoms with van der Waals surface area (Å²) < 4.78 is 0. The van der Waals surface area contributed by atoms with E-state index in [1.807, 2.05) is 0 Å². The molecule has 0 spiro atoms. The number of nitrogens with one attached hydrogen (secondary N) is 1. The molecule has 1 saturated heterocycles. The van der Waals surface area contributed by atoms with Crippen LogP contribution in [0, 0.1) is 11.8 Å². The molecule has 2 atom stereocenters. The smallest absolute Gasteiger partial charge is 0.0198 e. The Bertz CT molecular complexity index is 223. The number of piperidine rings is 1. The Kier molecular flexibility index (Phi) is 4.87. The Hall–Kier alpha value is -0.0800. The van der Waals surface area contributed by atoms with Crippen LogP contribution in [0.2, 0.25) is 0 Å². The van der Waals surface area contributed by atoms with Gasteiger partial charge in [-0.05, 0) is 44.1 Å². The Labute approximate surface area is 107 Å². The molecule has 2 fully saturated rings. The quantitative estimate of drug-likeness (QED) is 0.765. The number of nitrogens with zero attached hydrogens (tertiary/aromatic N) is 1. The van der Waals surface area contributed by atoms with Crippen LogP contribution in [0.5, 0.6) is 0 Å². The summed E-state index contributed by atoms with van der Waals surface area (Å²) >= 11 is 0. The fraction of sp³-hybridized carbons (Fsp3) is 1.00. The molecule has 1 aliphatic heterocycles. The number of likely N-dealkylation sites (tertiary alicyclic amines) is 1. The number of hydrogen-bond acceptors (Lipinski definition) is 2. The van der Waals surface area contributed by atoms with Crippen LogP contribution in [0.1, 0.15) is 52.9 Å². The van der Waals surface area contributed by atoms with E-state index in [0.29, 0.717) is 0 Å². The molecule has 1 aliphatic carbocycles. The fourth-order valence-electron chi connectivity index (χ4n) is 3.15. The molecule has 1 saturated carbocycles. The summed E-state index contributed by atoms with van der Waals surface area (Å²) in [6.07, 6.45) is 7.08. The second-order valence-electron chi connectivity index (χ2n) is 6.57. The van der Waals surface area contributed by atoms with Crippen LogP contribution >= 0.6 is 0 Å². The zero-order chi connectivity index (χ0) is 12.3. The van der Waals surface area contributed by atoms with E-state index in [0.717, 1.165) is 23.9 Å². The van der Waals surface area contributed by atoms with E-state index >= 15 is 0 Å². The summed E-state index contributed by atoms with van der Waals surface area (Å²) in [5.41, 5.74) is 0. The van der Waals surface area contributed by atoms with E-state index in [2.05, 4.69) is 31.0 Å². The lowest BCUT2D eigenvalue weighted by Gasteiger charge is -2.38. The van der Waals surface area contributed by atoms with Crippen LogP contribution in [0.25, 0.3) is 0 Å². The first-order valence-corrected chi connectivity index (χ1v) is 7.66. The minimum atomic E-state index is 0.753. The van der Waals surface area contributed by atoms with Gasteiger partial charge in [0.15, 0.2) is 0 Å². The van der Waals surface area contributed by atoms with Crippen LogP contribution in [-0.2, 0) is 0 Å². The molecule has 2 heteroatoms. The van der Waals surface area contributed by atoms with Crippen molar-refractivity contribution in [1.29, 1.82) is 0 Å². The summed E-state index contributed by atoms with van der Waals surface area (Å²) in [4.78, 5) is 2.77. The second-order valence-corrected chi connectivity index (χ2v) is 6.57. The molecule has 100 valence electrons. The molecular weight excluding hydrogens is 208 g/mol. The Morgan fingerprint density at radius 2 is 2.00 bits per heavy atom. The van der Waals surface area contributed by atoms with Crippen molar-refractivity contribution in [2.45, 2.75) is 65.0 Å². The third-order valence-corrected chi connectivity index (χ3v) is 4.14. The maximum absolute atomic E-state index is 3.78. The third-order valence-electron chi connectivity index (χ3n) is 4.14. The highest BCUT2D eigenvalue weighted by molar-refractivity contribution is 4.92. The van der Waals surface area contributed by atoms with Crippen molar-refractivity contribution in [2.75, 3.05) is 19.6 Å². The van der Waals surface area contributed by atoms with Gasteiger partial charge in [0.1, 0.15) is 0 Å². The third kappa shape index (κ3) is 4.26. The van der Waals surface area contributed by atoms with Gasteiger partial charge in [-0.25, -0.2) is 0 Å². The minimum Gasteiger partial charge on any atom is -0.312 e. The predicted molar refractivity (Wildman–Crippen MR) is 74.2 cm³/mol. The Balaban J connectivity index is 1.82. The summed E-state index contributed by atoms with van der Waals surface area (Å²) in [5.74, 6) is 1.72. The van der Waals surface area contributed by atoms with E-state index in [4.69, 9.17) is 0 Å². The molecule has 0 aromatic carbocycles. The van der Waals surface area contributed by atoms with E-state index in [1.54, 1.807) is 0 Å². The molecule has 0 radical (unpaired) electrons. The van der Waals surface area contributed by atoms with Gasteiger partial charge < -0.3 is 5.32 Å². The topological polar surface area (TPSA) is 15.3 Å². The average Bonchev–Trinajstić information content (AvgIpc) is 3.10. The van der Waals surface area contributed by atoms with Crippen LogP contribution in [0.4, 0.5) is 0 Å². The lowest BCUT2D eigenvalue weighted by molar-refractivity contribution is 0.127. The highest BCUT2D eigenvalue weighted by Gasteiger charge is 2.35. The standard InChI is InChI=1S/C15H30N2/c1-4-5-13-8-14(16-9-12(2)3)11-17(10-13)15-6-7-15/h12-16H,4-11H2,1-3H3. The largest absolute Gasteiger partial charge is 0.312 e. The van der Waals surface area contributed by atoms with Crippen LogP contribution < -0.4 is 5.32 Å². The molecule has 0 bridgehead atoms. The Morgan fingerprint density at radius 3 is 2.59 bits per heavy atom. The summed E-state index contributed by atoms with van der Waals surface area (Å²) in [6.45, 7) is 10.8. The number of rotatable bonds is 6. The average molecular weight is 238 g/mol. The highest BCUT2D eigenvalue weighted by Crippen LogP contribution is 2.32. The van der Waals surface area contributed by atoms with Gasteiger partial charge in [0.2, 0.25) is 0 Å². The first-order valence-electron chi connectivity index (χ1n) is 7.66. The minimum absolute atomic E-state index is 0.753. The van der Waals surface area contributed by atoms with Crippen LogP contribution in [0.3, 0.4) is 0 Å². The van der Waals surface area contributed by atoms with Crippen molar-refractivity contribution < 1.29 is 0 Å². The van der Waals surface area contributed by atoms with Crippen LogP contribution in [0.15, 0.2) is 0 Å². The molecule has 1 heterocycles. The van der Waals surface area contributed by atoms with Gasteiger partial charge in [-0.3, -0.25) is 4.90 Å². The Morgan fingerprint density at radius 1 is 1.24 bits per heavy atom. The van der Waals surface area contributed by atoms with E-state index in [9.17, 15) is 0 Å². The van der Waals surface area contributed by atoms with Gasteiger partial charge in [0.25, 0.3) is 0 Å². The van der Waals surface area contributed by atoms with Gasteiger partial charge in [-0.1, -0.05) is 27.2 Å². The lowest BCUT2D eigenvalue weighted by atomic mass is 9.90. The van der Waals surface area contributed by atoms with Gasteiger partial charge in [0, 0.05) is 25.2 Å². The van der Waals surface area contributed by atoms with E-state index < -0.39 is 0 Å².